The summed E-state index contributed by atoms with van der Waals surface area (Å²) in [5.41, 5.74) is 0.852. The summed E-state index contributed by atoms with van der Waals surface area (Å²) in [5.74, 6) is -1.40. The Labute approximate surface area is 163 Å². The molecule has 1 heterocycles. The van der Waals surface area contributed by atoms with Crippen LogP contribution in [0.3, 0.4) is 0 Å². The van der Waals surface area contributed by atoms with Gasteiger partial charge in [0, 0.05) is 25.4 Å². The van der Waals surface area contributed by atoms with E-state index in [-0.39, 0.29) is 30.8 Å². The van der Waals surface area contributed by atoms with Gasteiger partial charge in [0.05, 0.1) is 13.0 Å². The van der Waals surface area contributed by atoms with Crippen LogP contribution >= 0.6 is 0 Å². The number of ketones is 1. The van der Waals surface area contributed by atoms with Crippen LogP contribution in [0.2, 0.25) is 0 Å². The van der Waals surface area contributed by atoms with Crippen molar-refractivity contribution < 1.29 is 28.7 Å². The van der Waals surface area contributed by atoms with Crippen LogP contribution in [0.15, 0.2) is 30.3 Å². The number of likely N-dealkylation sites (tertiary alicyclic amines) is 1. The standard InChI is InChI=1S/C20H24N2O6/c1-27-19(25)15-11-14(23)7-8-17(15)22-10-9-16(18(22)24)21-20(26)28-12-13-5-3-2-4-6-13/h2-6,15-17H,7-12H2,1H3,(H,21,26)/t15?,16-,17?/m0/s1. The number of esters is 1. The van der Waals surface area contributed by atoms with Gasteiger partial charge < -0.3 is 19.7 Å². The first-order chi connectivity index (χ1) is 13.5. The van der Waals surface area contributed by atoms with Crippen LogP contribution in [0, 0.1) is 5.92 Å². The van der Waals surface area contributed by atoms with E-state index in [1.165, 1.54) is 7.11 Å². The van der Waals surface area contributed by atoms with Gasteiger partial charge in [-0.05, 0) is 18.4 Å². The quantitative estimate of drug-likeness (QED) is 0.766. The number of hydrogen-bond donors (Lipinski definition) is 1. The van der Waals surface area contributed by atoms with Gasteiger partial charge in [-0.25, -0.2) is 4.79 Å². The number of amides is 2. The number of nitrogens with zero attached hydrogens (tertiary/aromatic N) is 1. The van der Waals surface area contributed by atoms with Crippen molar-refractivity contribution in [1.29, 1.82) is 0 Å². The average Bonchev–Trinajstić information content (AvgIpc) is 3.06. The van der Waals surface area contributed by atoms with Crippen LogP contribution in [-0.4, -0.2) is 54.4 Å². The first kappa shape index (κ1) is 19.9. The van der Waals surface area contributed by atoms with Gasteiger partial charge in [0.2, 0.25) is 5.91 Å². The molecule has 0 aromatic heterocycles. The van der Waals surface area contributed by atoms with Gasteiger partial charge >= 0.3 is 12.1 Å². The maximum absolute atomic E-state index is 12.8. The lowest BCUT2D eigenvalue weighted by molar-refractivity contribution is -0.153. The number of carbonyl (C=O) groups is 4. The molecule has 28 heavy (non-hydrogen) atoms. The number of methoxy groups -OCH3 is 1. The van der Waals surface area contributed by atoms with Crippen molar-refractivity contribution >= 4 is 23.8 Å². The van der Waals surface area contributed by atoms with Crippen molar-refractivity contribution in [3.63, 3.8) is 0 Å². The first-order valence-corrected chi connectivity index (χ1v) is 9.37. The summed E-state index contributed by atoms with van der Waals surface area (Å²) in [6.45, 7) is 0.529. The van der Waals surface area contributed by atoms with E-state index in [1.54, 1.807) is 4.90 Å². The highest BCUT2D eigenvalue weighted by molar-refractivity contribution is 5.90. The molecular weight excluding hydrogens is 364 g/mol. The molecule has 1 aromatic carbocycles. The average molecular weight is 388 g/mol. The predicted octanol–water partition coefficient (Wildman–Crippen LogP) is 1.42. The number of Topliss-reactive ketones (excluding diaryl/α,β-unsaturated/α-hetero) is 1. The van der Waals surface area contributed by atoms with E-state index in [9.17, 15) is 19.2 Å². The van der Waals surface area contributed by atoms with Crippen LogP contribution in [0.1, 0.15) is 31.2 Å². The van der Waals surface area contributed by atoms with Crippen molar-refractivity contribution in [2.45, 2.75) is 44.4 Å². The summed E-state index contributed by atoms with van der Waals surface area (Å²) >= 11 is 0. The molecule has 2 unspecified atom stereocenters. The molecule has 3 atom stereocenters. The fourth-order valence-corrected chi connectivity index (χ4v) is 3.83. The van der Waals surface area contributed by atoms with Crippen molar-refractivity contribution in [2.24, 2.45) is 5.92 Å². The summed E-state index contributed by atoms with van der Waals surface area (Å²) in [6, 6.07) is 8.17. The maximum Gasteiger partial charge on any atom is 0.408 e. The molecule has 8 heteroatoms. The highest BCUT2D eigenvalue weighted by Gasteiger charge is 2.44. The summed E-state index contributed by atoms with van der Waals surface area (Å²) in [7, 11) is 1.28. The summed E-state index contributed by atoms with van der Waals surface area (Å²) in [4.78, 5) is 50.2. The minimum absolute atomic E-state index is 0.00235. The van der Waals surface area contributed by atoms with Crippen LogP contribution in [-0.2, 0) is 30.5 Å². The normalized spacial score (nSPS) is 24.8. The molecule has 1 saturated heterocycles. The maximum atomic E-state index is 12.8. The number of ether oxygens (including phenoxy) is 2. The largest absolute Gasteiger partial charge is 0.469 e. The molecule has 2 amide bonds. The molecule has 1 aliphatic heterocycles. The topological polar surface area (TPSA) is 102 Å². The molecule has 0 bridgehead atoms. The van der Waals surface area contributed by atoms with Crippen molar-refractivity contribution in [2.75, 3.05) is 13.7 Å². The Bertz CT molecular complexity index is 750. The van der Waals surface area contributed by atoms with Gasteiger partial charge in [0.15, 0.2) is 0 Å². The molecule has 2 aliphatic rings. The summed E-state index contributed by atoms with van der Waals surface area (Å²) in [6.07, 6.45) is 0.609. The highest BCUT2D eigenvalue weighted by atomic mass is 16.5. The fourth-order valence-electron chi connectivity index (χ4n) is 3.83. The lowest BCUT2D eigenvalue weighted by Crippen LogP contribution is -2.50. The third-order valence-electron chi connectivity index (χ3n) is 5.28. The van der Waals surface area contributed by atoms with Gasteiger partial charge in [-0.2, -0.15) is 0 Å². The Morgan fingerprint density at radius 3 is 2.64 bits per heavy atom. The van der Waals surface area contributed by atoms with Gasteiger partial charge in [-0.1, -0.05) is 30.3 Å². The van der Waals surface area contributed by atoms with Gasteiger partial charge in [0.25, 0.3) is 0 Å². The Morgan fingerprint density at radius 1 is 1.18 bits per heavy atom. The van der Waals surface area contributed by atoms with Crippen LogP contribution < -0.4 is 5.32 Å². The molecule has 1 saturated carbocycles. The van der Waals surface area contributed by atoms with Crippen LogP contribution in [0.25, 0.3) is 0 Å². The predicted molar refractivity (Wildman–Crippen MR) is 98.0 cm³/mol. The molecule has 1 aromatic rings. The Morgan fingerprint density at radius 2 is 1.93 bits per heavy atom. The van der Waals surface area contributed by atoms with Crippen molar-refractivity contribution in [3.8, 4) is 0 Å². The molecule has 1 aliphatic carbocycles. The minimum atomic E-state index is -0.695. The van der Waals surface area contributed by atoms with Crippen molar-refractivity contribution in [1.82, 2.24) is 10.2 Å². The SMILES string of the molecule is COC(=O)C1CC(=O)CCC1N1CC[C@H](NC(=O)OCc2ccccc2)C1=O. The van der Waals surface area contributed by atoms with E-state index >= 15 is 0 Å². The van der Waals surface area contributed by atoms with E-state index in [1.807, 2.05) is 30.3 Å². The number of rotatable bonds is 5. The molecule has 3 rings (SSSR count). The molecule has 150 valence electrons. The lowest BCUT2D eigenvalue weighted by Gasteiger charge is -2.35. The van der Waals surface area contributed by atoms with Gasteiger partial charge in [-0.15, -0.1) is 0 Å². The van der Waals surface area contributed by atoms with E-state index in [4.69, 9.17) is 9.47 Å². The van der Waals surface area contributed by atoms with Gasteiger partial charge in [-0.3, -0.25) is 14.4 Å². The second kappa shape index (κ2) is 8.86. The number of hydrogen-bond acceptors (Lipinski definition) is 6. The molecule has 0 radical (unpaired) electrons. The Balaban J connectivity index is 1.56. The number of carbonyl (C=O) groups excluding carboxylic acids is 4. The number of alkyl carbamates (subject to hydrolysis) is 1. The molecule has 8 nitrogen and oxygen atoms in total. The highest BCUT2D eigenvalue weighted by Crippen LogP contribution is 2.30. The number of nitrogens with one attached hydrogen (secondary N) is 1. The van der Waals surface area contributed by atoms with E-state index in [0.29, 0.717) is 25.8 Å². The van der Waals surface area contributed by atoms with Crippen LogP contribution in [0.5, 0.6) is 0 Å². The summed E-state index contributed by atoms with van der Waals surface area (Å²) in [5, 5.41) is 2.60. The Hall–Kier alpha value is -2.90. The van der Waals surface area contributed by atoms with Crippen molar-refractivity contribution in [3.05, 3.63) is 35.9 Å². The van der Waals surface area contributed by atoms with Crippen LogP contribution in [0.4, 0.5) is 4.79 Å². The minimum Gasteiger partial charge on any atom is -0.469 e. The molecular formula is C20H24N2O6. The van der Waals surface area contributed by atoms with E-state index in [2.05, 4.69) is 5.32 Å². The van der Waals surface area contributed by atoms with Gasteiger partial charge in [0.1, 0.15) is 18.4 Å². The zero-order valence-corrected chi connectivity index (χ0v) is 15.8. The monoisotopic (exact) mass is 388 g/mol. The lowest BCUT2D eigenvalue weighted by atomic mass is 9.83. The fraction of sp³-hybridized carbons (Fsp3) is 0.500. The Kier molecular flexibility index (Phi) is 6.28. The molecule has 2 fully saturated rings. The van der Waals surface area contributed by atoms with E-state index < -0.39 is 24.0 Å². The zero-order chi connectivity index (χ0) is 20.1. The molecule has 0 spiro atoms. The molecule has 1 N–H and O–H groups in total. The smallest absolute Gasteiger partial charge is 0.408 e. The summed E-state index contributed by atoms with van der Waals surface area (Å²) < 4.78 is 9.98. The second-order valence-electron chi connectivity index (χ2n) is 7.06. The zero-order valence-electron chi connectivity index (χ0n) is 15.8. The second-order valence-corrected chi connectivity index (χ2v) is 7.06. The van der Waals surface area contributed by atoms with E-state index in [0.717, 1.165) is 5.56 Å². The first-order valence-electron chi connectivity index (χ1n) is 9.37. The third-order valence-corrected chi connectivity index (χ3v) is 5.28. The number of benzene rings is 1. The third kappa shape index (κ3) is 4.49.